The van der Waals surface area contributed by atoms with Crippen molar-refractivity contribution in [3.05, 3.63) is 6.10 Å². The minimum absolute atomic E-state index is 0.537. The Hall–Kier alpha value is -0.180. The molecule has 0 unspecified atom stereocenters. The molecule has 0 N–H and O–H groups in total. The van der Waals surface area contributed by atoms with E-state index in [1.807, 2.05) is 0 Å². The molecule has 7 heavy (non-hydrogen) atoms. The molecule has 0 spiro atoms. The maximum Gasteiger partial charge on any atom is 0.345 e. The molecule has 0 aliphatic heterocycles. The Morgan fingerprint density at radius 3 is 2.14 bits per heavy atom. The van der Waals surface area contributed by atoms with Crippen LogP contribution < -0.4 is 0 Å². The molecule has 0 aromatic heterocycles. The molecule has 0 aromatic carbocycles. The van der Waals surface area contributed by atoms with E-state index in [9.17, 15) is 8.78 Å². The highest BCUT2D eigenvalue weighted by Gasteiger charge is 2.27. The van der Waals surface area contributed by atoms with Crippen LogP contribution in [0, 0.1) is 6.10 Å². The van der Waals surface area contributed by atoms with E-state index < -0.39 is 6.61 Å². The van der Waals surface area contributed by atoms with E-state index in [0.717, 1.165) is 12.8 Å². The van der Waals surface area contributed by atoms with E-state index in [1.165, 1.54) is 0 Å². The van der Waals surface area contributed by atoms with Crippen LogP contribution in [0.5, 0.6) is 0 Å². The molecule has 0 bridgehead atoms. The average molecular weight is 107 g/mol. The summed E-state index contributed by atoms with van der Waals surface area (Å²) < 4.78 is 26.1. The molecule has 0 heterocycles. The van der Waals surface area contributed by atoms with Crippen molar-refractivity contribution in [1.29, 1.82) is 0 Å². The van der Waals surface area contributed by atoms with E-state index in [-0.39, 0.29) is 0 Å². The quantitative estimate of drug-likeness (QED) is 0.520. The summed E-state index contributed by atoms with van der Waals surface area (Å²) in [5.74, 6) is 0. The lowest BCUT2D eigenvalue weighted by Gasteiger charge is -1.93. The number of halogens is 2. The molecular weight excluding hydrogens is 102 g/mol. The number of ether oxygens (including phenoxy) is 1. The van der Waals surface area contributed by atoms with Gasteiger partial charge in [-0.2, -0.15) is 8.78 Å². The zero-order valence-electron chi connectivity index (χ0n) is 3.66. The molecule has 1 nitrogen and oxygen atoms in total. The minimum atomic E-state index is -2.60. The SMILES string of the molecule is FC(F)O[C]1CC1. The van der Waals surface area contributed by atoms with Gasteiger partial charge < -0.3 is 4.74 Å². The van der Waals surface area contributed by atoms with Gasteiger partial charge in [0.05, 0.1) is 0 Å². The van der Waals surface area contributed by atoms with Gasteiger partial charge in [0.15, 0.2) is 0 Å². The smallest absolute Gasteiger partial charge is 0.313 e. The number of rotatable bonds is 2. The summed E-state index contributed by atoms with van der Waals surface area (Å²) in [4.78, 5) is 0. The van der Waals surface area contributed by atoms with Gasteiger partial charge in [0, 0.05) is 0 Å². The van der Waals surface area contributed by atoms with Crippen LogP contribution in [0.3, 0.4) is 0 Å². The van der Waals surface area contributed by atoms with Crippen LogP contribution in [-0.4, -0.2) is 6.61 Å². The van der Waals surface area contributed by atoms with E-state index >= 15 is 0 Å². The van der Waals surface area contributed by atoms with Gasteiger partial charge in [-0.3, -0.25) is 0 Å². The maximum atomic E-state index is 11.1. The molecule has 1 rings (SSSR count). The molecule has 1 saturated carbocycles. The molecule has 1 aliphatic carbocycles. The van der Waals surface area contributed by atoms with Crippen molar-refractivity contribution in [1.82, 2.24) is 0 Å². The van der Waals surface area contributed by atoms with Gasteiger partial charge >= 0.3 is 6.61 Å². The van der Waals surface area contributed by atoms with Crippen molar-refractivity contribution in [2.24, 2.45) is 0 Å². The third kappa shape index (κ3) is 1.83. The third-order valence-electron chi connectivity index (χ3n) is 0.710. The molecule has 0 aromatic rings. The van der Waals surface area contributed by atoms with Crippen molar-refractivity contribution < 1.29 is 13.5 Å². The topological polar surface area (TPSA) is 9.23 Å². The summed E-state index contributed by atoms with van der Waals surface area (Å²) in [7, 11) is 0. The first-order valence-corrected chi connectivity index (χ1v) is 2.08. The lowest BCUT2D eigenvalue weighted by Crippen LogP contribution is -1.93. The zero-order chi connectivity index (χ0) is 5.28. The third-order valence-corrected chi connectivity index (χ3v) is 0.710. The second kappa shape index (κ2) is 1.74. The summed E-state index contributed by atoms with van der Waals surface area (Å²) in [6, 6.07) is 0. The van der Waals surface area contributed by atoms with Crippen molar-refractivity contribution >= 4 is 0 Å². The van der Waals surface area contributed by atoms with Crippen LogP contribution in [0.25, 0.3) is 0 Å². The van der Waals surface area contributed by atoms with Crippen LogP contribution in [0.1, 0.15) is 12.8 Å². The van der Waals surface area contributed by atoms with Crippen molar-refractivity contribution in [3.63, 3.8) is 0 Å². The van der Waals surface area contributed by atoms with Crippen LogP contribution in [0.4, 0.5) is 8.78 Å². The molecule has 0 atom stereocenters. The lowest BCUT2D eigenvalue weighted by atomic mass is 10.8. The predicted molar refractivity (Wildman–Crippen MR) is 19.6 cm³/mol. The summed E-state index contributed by atoms with van der Waals surface area (Å²) in [6.45, 7) is -2.60. The largest absolute Gasteiger partial charge is 0.345 e. The van der Waals surface area contributed by atoms with Gasteiger partial charge in [0.25, 0.3) is 0 Å². The Bertz CT molecular complexity index is 60.7. The summed E-state index contributed by atoms with van der Waals surface area (Å²) >= 11 is 0. The van der Waals surface area contributed by atoms with E-state index in [0.29, 0.717) is 6.10 Å². The highest BCUT2D eigenvalue weighted by Crippen LogP contribution is 2.34. The molecular formula is C4H5F2O. The molecule has 1 aliphatic rings. The minimum Gasteiger partial charge on any atom is -0.313 e. The maximum absolute atomic E-state index is 11.1. The molecule has 0 saturated heterocycles. The van der Waals surface area contributed by atoms with Gasteiger partial charge in [-0.05, 0) is 12.8 Å². The first kappa shape index (κ1) is 4.97. The highest BCUT2D eigenvalue weighted by molar-refractivity contribution is 4.94. The van der Waals surface area contributed by atoms with Gasteiger partial charge in [-0.1, -0.05) is 0 Å². The Labute approximate surface area is 40.3 Å². The van der Waals surface area contributed by atoms with Gasteiger partial charge in [-0.25, -0.2) is 0 Å². The molecule has 1 fully saturated rings. The summed E-state index contributed by atoms with van der Waals surface area (Å²) in [5.41, 5.74) is 0. The van der Waals surface area contributed by atoms with Crippen molar-refractivity contribution in [2.45, 2.75) is 19.5 Å². The standard InChI is InChI=1S/C4H5F2O/c5-4(6)7-3-1-2-3/h4H,1-2H2. The zero-order valence-corrected chi connectivity index (χ0v) is 3.66. The van der Waals surface area contributed by atoms with Crippen LogP contribution in [-0.2, 0) is 4.74 Å². The normalized spacial score (nSPS) is 21.0. The Kier molecular flexibility index (Phi) is 1.23. The Balaban J connectivity index is 1.97. The van der Waals surface area contributed by atoms with Crippen LogP contribution in [0.2, 0.25) is 0 Å². The second-order valence-electron chi connectivity index (χ2n) is 1.42. The summed E-state index contributed by atoms with van der Waals surface area (Å²) in [5, 5.41) is 0. The van der Waals surface area contributed by atoms with Crippen LogP contribution in [0.15, 0.2) is 0 Å². The van der Waals surface area contributed by atoms with Crippen molar-refractivity contribution in [3.8, 4) is 0 Å². The van der Waals surface area contributed by atoms with E-state index in [2.05, 4.69) is 4.74 Å². The lowest BCUT2D eigenvalue weighted by molar-refractivity contribution is -0.107. The molecule has 1 radical (unpaired) electrons. The fraction of sp³-hybridized carbons (Fsp3) is 0.750. The number of hydrogen-bond acceptors (Lipinski definition) is 1. The highest BCUT2D eigenvalue weighted by atomic mass is 19.3. The number of hydrogen-bond donors (Lipinski definition) is 0. The Morgan fingerprint density at radius 2 is 2.00 bits per heavy atom. The van der Waals surface area contributed by atoms with Crippen molar-refractivity contribution in [2.75, 3.05) is 0 Å². The first-order chi connectivity index (χ1) is 3.29. The first-order valence-electron chi connectivity index (χ1n) is 2.08. The predicted octanol–water partition coefficient (Wildman–Crippen LogP) is 1.55. The molecule has 3 heteroatoms. The van der Waals surface area contributed by atoms with E-state index in [4.69, 9.17) is 0 Å². The Morgan fingerprint density at radius 1 is 1.43 bits per heavy atom. The summed E-state index contributed by atoms with van der Waals surface area (Å²) in [6.07, 6.45) is 1.99. The molecule has 0 amide bonds. The van der Waals surface area contributed by atoms with Crippen LogP contribution >= 0.6 is 0 Å². The molecule has 41 valence electrons. The van der Waals surface area contributed by atoms with Gasteiger partial charge in [-0.15, -0.1) is 0 Å². The fourth-order valence-corrected chi connectivity index (χ4v) is 0.295. The van der Waals surface area contributed by atoms with E-state index in [1.54, 1.807) is 0 Å². The number of alkyl halides is 2. The van der Waals surface area contributed by atoms with Gasteiger partial charge in [0.1, 0.15) is 6.10 Å². The monoisotopic (exact) mass is 107 g/mol. The fourth-order valence-electron chi connectivity index (χ4n) is 0.295. The average Bonchev–Trinajstić information content (AvgIpc) is 2.17. The second-order valence-corrected chi connectivity index (χ2v) is 1.42. The van der Waals surface area contributed by atoms with Gasteiger partial charge in [0.2, 0.25) is 0 Å².